The van der Waals surface area contributed by atoms with Crippen molar-refractivity contribution in [2.45, 2.75) is 13.8 Å². The van der Waals surface area contributed by atoms with Crippen LogP contribution in [0.3, 0.4) is 0 Å². The Labute approximate surface area is 110 Å². The number of hydrogen-bond acceptors (Lipinski definition) is 4. The van der Waals surface area contributed by atoms with E-state index in [1.807, 2.05) is 0 Å². The van der Waals surface area contributed by atoms with E-state index < -0.39 is 11.9 Å². The monoisotopic (exact) mass is 270 g/mol. The summed E-state index contributed by atoms with van der Waals surface area (Å²) in [6.45, 7) is 2.90. The first-order chi connectivity index (χ1) is 8.93. The molecular formula is C12H18N2O5. The highest BCUT2D eigenvalue weighted by Crippen LogP contribution is 2.19. The summed E-state index contributed by atoms with van der Waals surface area (Å²) in [5.41, 5.74) is 1.07. The molecule has 0 spiro atoms. The summed E-state index contributed by atoms with van der Waals surface area (Å²) < 4.78 is 0. The highest BCUT2D eigenvalue weighted by Gasteiger charge is 2.24. The van der Waals surface area contributed by atoms with Gasteiger partial charge < -0.3 is 25.2 Å². The molecule has 0 unspecified atom stereocenters. The third kappa shape index (κ3) is 3.12. The van der Waals surface area contributed by atoms with Gasteiger partial charge in [0.05, 0.1) is 18.8 Å². The van der Waals surface area contributed by atoms with Crippen molar-refractivity contribution in [3.8, 4) is 0 Å². The number of H-pyrrole nitrogens is 1. The molecule has 0 fully saturated rings. The normalized spacial score (nSPS) is 10.5. The Hall–Kier alpha value is -1.86. The summed E-state index contributed by atoms with van der Waals surface area (Å²) >= 11 is 0. The second kappa shape index (κ2) is 6.35. The SMILES string of the molecule is Cc1[nH]c(C(=O)O)c(C)c1C(=O)N(CCO)CCO. The van der Waals surface area contributed by atoms with Crippen molar-refractivity contribution < 1.29 is 24.9 Å². The number of aryl methyl sites for hydroxylation is 1. The molecule has 0 saturated heterocycles. The Morgan fingerprint density at radius 3 is 2.05 bits per heavy atom. The van der Waals surface area contributed by atoms with E-state index in [1.165, 1.54) is 4.90 Å². The third-order valence-electron chi connectivity index (χ3n) is 2.89. The molecule has 106 valence electrons. The summed E-state index contributed by atoms with van der Waals surface area (Å²) in [5, 5.41) is 26.8. The van der Waals surface area contributed by atoms with E-state index in [0.29, 0.717) is 11.3 Å². The van der Waals surface area contributed by atoms with E-state index in [-0.39, 0.29) is 37.6 Å². The minimum Gasteiger partial charge on any atom is -0.477 e. The average molecular weight is 270 g/mol. The number of aliphatic hydroxyl groups is 2. The second-order valence-corrected chi connectivity index (χ2v) is 4.17. The zero-order valence-electron chi connectivity index (χ0n) is 10.9. The maximum Gasteiger partial charge on any atom is 0.352 e. The lowest BCUT2D eigenvalue weighted by atomic mass is 10.1. The van der Waals surface area contributed by atoms with Crippen molar-refractivity contribution in [3.63, 3.8) is 0 Å². The number of aromatic amines is 1. The minimum absolute atomic E-state index is 0.0196. The Kier molecular flexibility index (Phi) is 5.08. The maximum absolute atomic E-state index is 12.3. The number of aromatic carboxylic acids is 1. The molecule has 1 heterocycles. The second-order valence-electron chi connectivity index (χ2n) is 4.17. The quantitative estimate of drug-likeness (QED) is 0.569. The fourth-order valence-corrected chi connectivity index (χ4v) is 2.00. The fourth-order valence-electron chi connectivity index (χ4n) is 2.00. The number of amides is 1. The van der Waals surface area contributed by atoms with Gasteiger partial charge in [-0.3, -0.25) is 4.79 Å². The lowest BCUT2D eigenvalue weighted by Gasteiger charge is -2.21. The van der Waals surface area contributed by atoms with Gasteiger partial charge in [-0.25, -0.2) is 4.79 Å². The molecule has 7 nitrogen and oxygen atoms in total. The molecule has 0 atom stereocenters. The van der Waals surface area contributed by atoms with E-state index in [0.717, 1.165) is 0 Å². The standard InChI is InChI=1S/C12H18N2O5/c1-7-9(8(2)13-10(7)12(18)19)11(17)14(3-5-15)4-6-16/h13,15-16H,3-6H2,1-2H3,(H,18,19). The number of nitrogens with zero attached hydrogens (tertiary/aromatic N) is 1. The summed E-state index contributed by atoms with van der Waals surface area (Å²) in [5.74, 6) is -1.53. The van der Waals surface area contributed by atoms with Crippen molar-refractivity contribution in [1.29, 1.82) is 0 Å². The predicted octanol–water partition coefficient (Wildman–Crippen LogP) is -0.243. The molecule has 1 rings (SSSR count). The van der Waals surface area contributed by atoms with Gasteiger partial charge in [0.25, 0.3) is 5.91 Å². The van der Waals surface area contributed by atoms with Crippen molar-refractivity contribution in [3.05, 3.63) is 22.5 Å². The van der Waals surface area contributed by atoms with E-state index in [4.69, 9.17) is 15.3 Å². The van der Waals surface area contributed by atoms with Gasteiger partial charge >= 0.3 is 5.97 Å². The Morgan fingerprint density at radius 2 is 1.68 bits per heavy atom. The van der Waals surface area contributed by atoms with Gasteiger partial charge in [0.2, 0.25) is 0 Å². The zero-order chi connectivity index (χ0) is 14.6. The number of nitrogens with one attached hydrogen (secondary N) is 1. The summed E-state index contributed by atoms with van der Waals surface area (Å²) in [6, 6.07) is 0. The minimum atomic E-state index is -1.13. The van der Waals surface area contributed by atoms with Crippen LogP contribution in [0.15, 0.2) is 0 Å². The third-order valence-corrected chi connectivity index (χ3v) is 2.89. The van der Waals surface area contributed by atoms with Crippen LogP contribution in [0.1, 0.15) is 32.1 Å². The van der Waals surface area contributed by atoms with Gasteiger partial charge in [0.15, 0.2) is 0 Å². The highest BCUT2D eigenvalue weighted by molar-refractivity contribution is 6.00. The van der Waals surface area contributed by atoms with Crippen LogP contribution in [-0.4, -0.2) is 63.4 Å². The summed E-state index contributed by atoms with van der Waals surface area (Å²) in [6.07, 6.45) is 0. The first kappa shape index (κ1) is 15.2. The Balaban J connectivity index is 3.14. The largest absolute Gasteiger partial charge is 0.477 e. The van der Waals surface area contributed by atoms with Crippen LogP contribution in [0.25, 0.3) is 0 Å². The molecule has 0 radical (unpaired) electrons. The van der Waals surface area contributed by atoms with Gasteiger partial charge in [-0.15, -0.1) is 0 Å². The Morgan fingerprint density at radius 1 is 1.16 bits per heavy atom. The number of hydrogen-bond donors (Lipinski definition) is 4. The molecule has 0 aliphatic carbocycles. The molecule has 19 heavy (non-hydrogen) atoms. The average Bonchev–Trinajstić information content (AvgIpc) is 2.64. The molecule has 0 bridgehead atoms. The topological polar surface area (TPSA) is 114 Å². The van der Waals surface area contributed by atoms with Gasteiger partial charge in [0, 0.05) is 18.8 Å². The van der Waals surface area contributed by atoms with E-state index in [1.54, 1.807) is 13.8 Å². The smallest absolute Gasteiger partial charge is 0.352 e. The van der Waals surface area contributed by atoms with Crippen molar-refractivity contribution in [1.82, 2.24) is 9.88 Å². The molecule has 0 aliphatic rings. The summed E-state index contributed by atoms with van der Waals surface area (Å²) in [4.78, 5) is 27.2. The number of carboxylic acids is 1. The molecule has 0 saturated carbocycles. The first-order valence-corrected chi connectivity index (χ1v) is 5.87. The van der Waals surface area contributed by atoms with Crippen LogP contribution in [0.4, 0.5) is 0 Å². The maximum atomic E-state index is 12.3. The van der Waals surface area contributed by atoms with Crippen LogP contribution in [0.5, 0.6) is 0 Å². The first-order valence-electron chi connectivity index (χ1n) is 5.87. The molecular weight excluding hydrogens is 252 g/mol. The summed E-state index contributed by atoms with van der Waals surface area (Å²) in [7, 11) is 0. The number of rotatable bonds is 6. The van der Waals surface area contributed by atoms with Crippen molar-refractivity contribution in [2.75, 3.05) is 26.3 Å². The van der Waals surface area contributed by atoms with E-state index in [2.05, 4.69) is 4.98 Å². The number of aromatic nitrogens is 1. The van der Waals surface area contributed by atoms with E-state index >= 15 is 0 Å². The van der Waals surface area contributed by atoms with Gasteiger partial charge in [-0.2, -0.15) is 0 Å². The molecule has 0 aliphatic heterocycles. The lowest BCUT2D eigenvalue weighted by molar-refractivity contribution is 0.0683. The van der Waals surface area contributed by atoms with Gasteiger partial charge in [-0.05, 0) is 19.4 Å². The van der Waals surface area contributed by atoms with Gasteiger partial charge in [-0.1, -0.05) is 0 Å². The van der Waals surface area contributed by atoms with Crippen LogP contribution >= 0.6 is 0 Å². The Bertz CT molecular complexity index is 475. The predicted molar refractivity (Wildman–Crippen MR) is 67.3 cm³/mol. The zero-order valence-corrected chi connectivity index (χ0v) is 10.9. The van der Waals surface area contributed by atoms with Gasteiger partial charge in [0.1, 0.15) is 5.69 Å². The molecule has 0 aromatic carbocycles. The molecule has 1 aromatic rings. The van der Waals surface area contributed by atoms with Crippen LogP contribution in [0.2, 0.25) is 0 Å². The van der Waals surface area contributed by atoms with Crippen LogP contribution in [-0.2, 0) is 0 Å². The van der Waals surface area contributed by atoms with Crippen LogP contribution < -0.4 is 0 Å². The molecule has 7 heteroatoms. The van der Waals surface area contributed by atoms with Crippen molar-refractivity contribution >= 4 is 11.9 Å². The number of aliphatic hydroxyl groups excluding tert-OH is 2. The number of carbonyl (C=O) groups is 2. The van der Waals surface area contributed by atoms with Crippen molar-refractivity contribution in [2.24, 2.45) is 0 Å². The van der Waals surface area contributed by atoms with E-state index in [9.17, 15) is 9.59 Å². The number of carboxylic acid groups (broad SMARTS) is 1. The molecule has 4 N–H and O–H groups in total. The highest BCUT2D eigenvalue weighted by atomic mass is 16.4. The van der Waals surface area contributed by atoms with Crippen LogP contribution in [0, 0.1) is 13.8 Å². The fraction of sp³-hybridized carbons (Fsp3) is 0.500. The molecule has 1 amide bonds. The molecule has 1 aromatic heterocycles. The lowest BCUT2D eigenvalue weighted by Crippen LogP contribution is -2.36. The number of carbonyl (C=O) groups excluding carboxylic acids is 1.